The van der Waals surface area contributed by atoms with Crippen LogP contribution >= 0.6 is 0 Å². The third-order valence-corrected chi connectivity index (χ3v) is 5.70. The van der Waals surface area contributed by atoms with Gasteiger partial charge in [-0.25, -0.2) is 0 Å². The predicted molar refractivity (Wildman–Crippen MR) is 113 cm³/mol. The molecule has 1 fully saturated rings. The van der Waals surface area contributed by atoms with Gasteiger partial charge in [0.1, 0.15) is 18.0 Å². The predicted octanol–water partition coefficient (Wildman–Crippen LogP) is 3.89. The molecule has 1 saturated heterocycles. The monoisotopic (exact) mass is 397 g/mol. The van der Waals surface area contributed by atoms with Crippen LogP contribution in [0.5, 0.6) is 5.75 Å². The largest absolute Gasteiger partial charge is 0.491 e. The topological polar surface area (TPSA) is 59.0 Å². The molecular weight excluding hydrogens is 366 g/mol. The van der Waals surface area contributed by atoms with E-state index >= 15 is 0 Å². The number of aliphatic hydroxyl groups is 1. The Bertz CT molecular complexity index is 833. The van der Waals surface area contributed by atoms with E-state index in [4.69, 9.17) is 9.47 Å². The minimum atomic E-state index is -0.920. The van der Waals surface area contributed by atoms with Crippen molar-refractivity contribution in [1.29, 1.82) is 0 Å². The molecule has 0 radical (unpaired) electrons. The first-order chi connectivity index (χ1) is 13.9. The van der Waals surface area contributed by atoms with Gasteiger partial charge in [-0.2, -0.15) is 0 Å². The quantitative estimate of drug-likeness (QED) is 0.804. The average Bonchev–Trinajstić information content (AvgIpc) is 2.91. The van der Waals surface area contributed by atoms with Gasteiger partial charge in [-0.05, 0) is 74.1 Å². The van der Waals surface area contributed by atoms with E-state index in [1.807, 2.05) is 54.3 Å². The number of likely N-dealkylation sites (tertiary alicyclic amines) is 1. The highest BCUT2D eigenvalue weighted by molar-refractivity contribution is 5.94. The lowest BCUT2D eigenvalue weighted by Crippen LogP contribution is -2.38. The number of methoxy groups -OCH3 is 1. The standard InChI is InChI=1S/C24H31NO4/c1-18-5-10-22(15-19(18)2)29-17-24(27)11-4-13-25(14-12-24)23(26)21-8-6-20(7-9-21)16-28-3/h5-10,15,27H,4,11-14,16-17H2,1-3H3. The van der Waals surface area contributed by atoms with E-state index < -0.39 is 5.60 Å². The second-order valence-electron chi connectivity index (χ2n) is 8.03. The highest BCUT2D eigenvalue weighted by atomic mass is 16.5. The molecule has 3 rings (SSSR count). The maximum absolute atomic E-state index is 12.9. The van der Waals surface area contributed by atoms with E-state index in [0.29, 0.717) is 38.1 Å². The number of rotatable bonds is 6. The van der Waals surface area contributed by atoms with Gasteiger partial charge < -0.3 is 19.5 Å². The summed E-state index contributed by atoms with van der Waals surface area (Å²) in [5.41, 5.74) is 3.17. The maximum Gasteiger partial charge on any atom is 0.253 e. The summed E-state index contributed by atoms with van der Waals surface area (Å²) in [6, 6.07) is 13.5. The Balaban J connectivity index is 1.58. The third-order valence-electron chi connectivity index (χ3n) is 5.70. The smallest absolute Gasteiger partial charge is 0.253 e. The molecule has 2 aromatic rings. The lowest BCUT2D eigenvalue weighted by Gasteiger charge is -2.27. The lowest BCUT2D eigenvalue weighted by atomic mass is 9.96. The normalized spacial score (nSPS) is 19.7. The molecule has 1 N–H and O–H groups in total. The summed E-state index contributed by atoms with van der Waals surface area (Å²) in [5.74, 6) is 0.781. The fraction of sp³-hybridized carbons (Fsp3) is 0.458. The van der Waals surface area contributed by atoms with Crippen LogP contribution in [0.25, 0.3) is 0 Å². The van der Waals surface area contributed by atoms with Crippen LogP contribution in [-0.4, -0.2) is 48.3 Å². The van der Waals surface area contributed by atoms with Gasteiger partial charge in [0.05, 0.1) is 6.61 Å². The van der Waals surface area contributed by atoms with Crippen molar-refractivity contribution in [2.75, 3.05) is 26.8 Å². The molecule has 1 aliphatic heterocycles. The highest BCUT2D eigenvalue weighted by Gasteiger charge is 2.32. The third kappa shape index (κ3) is 5.58. The van der Waals surface area contributed by atoms with Crippen LogP contribution in [0.4, 0.5) is 0 Å². The van der Waals surface area contributed by atoms with Crippen molar-refractivity contribution in [3.05, 3.63) is 64.7 Å². The molecule has 1 unspecified atom stereocenters. The number of amides is 1. The van der Waals surface area contributed by atoms with Crippen LogP contribution in [0, 0.1) is 13.8 Å². The average molecular weight is 398 g/mol. The molecule has 0 saturated carbocycles. The minimum absolute atomic E-state index is 0.00768. The Kier molecular flexibility index (Phi) is 6.93. The van der Waals surface area contributed by atoms with Crippen LogP contribution in [-0.2, 0) is 11.3 Å². The molecule has 1 amide bonds. The number of benzene rings is 2. The summed E-state index contributed by atoms with van der Waals surface area (Å²) in [4.78, 5) is 14.7. The number of carbonyl (C=O) groups is 1. The zero-order valence-electron chi connectivity index (χ0n) is 17.6. The Hall–Kier alpha value is -2.37. The van der Waals surface area contributed by atoms with Crippen molar-refractivity contribution < 1.29 is 19.4 Å². The SMILES string of the molecule is COCc1ccc(C(=O)N2CCCC(O)(COc3ccc(C)c(C)c3)CC2)cc1. The van der Waals surface area contributed by atoms with Crippen LogP contribution in [0.3, 0.4) is 0 Å². The zero-order chi connectivity index (χ0) is 20.9. The maximum atomic E-state index is 12.9. The van der Waals surface area contributed by atoms with Crippen molar-refractivity contribution >= 4 is 5.91 Å². The molecule has 1 atom stereocenters. The second-order valence-corrected chi connectivity index (χ2v) is 8.03. The van der Waals surface area contributed by atoms with Crippen LogP contribution in [0.2, 0.25) is 0 Å². The molecule has 1 aliphatic rings. The number of ether oxygens (including phenoxy) is 2. The molecule has 0 spiro atoms. The fourth-order valence-corrected chi connectivity index (χ4v) is 3.64. The van der Waals surface area contributed by atoms with E-state index in [-0.39, 0.29) is 12.5 Å². The van der Waals surface area contributed by atoms with E-state index in [0.717, 1.165) is 17.7 Å². The number of aryl methyl sites for hydroxylation is 2. The van der Waals surface area contributed by atoms with E-state index in [1.54, 1.807) is 7.11 Å². The van der Waals surface area contributed by atoms with Crippen LogP contribution < -0.4 is 4.74 Å². The van der Waals surface area contributed by atoms with E-state index in [1.165, 1.54) is 11.1 Å². The van der Waals surface area contributed by atoms with Gasteiger partial charge in [0.25, 0.3) is 5.91 Å². The van der Waals surface area contributed by atoms with Crippen molar-refractivity contribution in [2.45, 2.75) is 45.3 Å². The molecule has 29 heavy (non-hydrogen) atoms. The van der Waals surface area contributed by atoms with Gasteiger partial charge in [-0.15, -0.1) is 0 Å². The Morgan fingerprint density at radius 1 is 1.07 bits per heavy atom. The van der Waals surface area contributed by atoms with E-state index in [9.17, 15) is 9.90 Å². The van der Waals surface area contributed by atoms with Gasteiger partial charge >= 0.3 is 0 Å². The van der Waals surface area contributed by atoms with Gasteiger partial charge in [-0.1, -0.05) is 18.2 Å². The molecule has 5 heteroatoms. The summed E-state index contributed by atoms with van der Waals surface area (Å²) in [6.45, 7) is 6.05. The molecular formula is C24H31NO4. The minimum Gasteiger partial charge on any atom is -0.491 e. The molecule has 2 aromatic carbocycles. The second kappa shape index (κ2) is 9.42. The highest BCUT2D eigenvalue weighted by Crippen LogP contribution is 2.26. The summed E-state index contributed by atoms with van der Waals surface area (Å²) < 4.78 is 11.0. The van der Waals surface area contributed by atoms with Crippen molar-refractivity contribution in [2.24, 2.45) is 0 Å². The van der Waals surface area contributed by atoms with Crippen LogP contribution in [0.15, 0.2) is 42.5 Å². The first-order valence-corrected chi connectivity index (χ1v) is 10.2. The molecule has 0 aromatic heterocycles. The Morgan fingerprint density at radius 2 is 1.83 bits per heavy atom. The zero-order valence-corrected chi connectivity index (χ0v) is 17.6. The fourth-order valence-electron chi connectivity index (χ4n) is 3.64. The molecule has 156 valence electrons. The van der Waals surface area contributed by atoms with Gasteiger partial charge in [0, 0.05) is 25.8 Å². The van der Waals surface area contributed by atoms with Gasteiger partial charge in [-0.3, -0.25) is 4.79 Å². The number of carbonyl (C=O) groups excluding carboxylic acids is 1. The number of hydrogen-bond acceptors (Lipinski definition) is 4. The number of hydrogen-bond donors (Lipinski definition) is 1. The molecule has 0 bridgehead atoms. The van der Waals surface area contributed by atoms with E-state index in [2.05, 4.69) is 6.92 Å². The van der Waals surface area contributed by atoms with Crippen molar-refractivity contribution in [3.8, 4) is 5.75 Å². The first kappa shape index (κ1) is 21.3. The van der Waals surface area contributed by atoms with Crippen LogP contribution in [0.1, 0.15) is 46.3 Å². The Labute approximate surface area is 173 Å². The summed E-state index contributed by atoms with van der Waals surface area (Å²) in [5, 5.41) is 11.0. The first-order valence-electron chi connectivity index (χ1n) is 10.2. The number of nitrogens with zero attached hydrogens (tertiary/aromatic N) is 1. The molecule has 0 aliphatic carbocycles. The Morgan fingerprint density at radius 3 is 2.52 bits per heavy atom. The summed E-state index contributed by atoms with van der Waals surface area (Å²) >= 11 is 0. The molecule has 5 nitrogen and oxygen atoms in total. The summed E-state index contributed by atoms with van der Waals surface area (Å²) in [6.07, 6.45) is 1.88. The van der Waals surface area contributed by atoms with Gasteiger partial charge in [0.15, 0.2) is 0 Å². The van der Waals surface area contributed by atoms with Crippen molar-refractivity contribution in [3.63, 3.8) is 0 Å². The summed E-state index contributed by atoms with van der Waals surface area (Å²) in [7, 11) is 1.65. The van der Waals surface area contributed by atoms with Crippen molar-refractivity contribution in [1.82, 2.24) is 4.90 Å². The lowest BCUT2D eigenvalue weighted by molar-refractivity contribution is -0.0163. The van der Waals surface area contributed by atoms with Gasteiger partial charge in [0.2, 0.25) is 0 Å². The molecule has 1 heterocycles.